The smallest absolute Gasteiger partial charge is 0.257 e. The van der Waals surface area contributed by atoms with Crippen LogP contribution >= 0.6 is 34.8 Å². The van der Waals surface area contributed by atoms with Crippen LogP contribution in [0.1, 0.15) is 30.1 Å². The molecule has 1 fully saturated rings. The monoisotopic (exact) mass is 460 g/mol. The number of anilines is 1. The van der Waals surface area contributed by atoms with Crippen LogP contribution in [0.4, 0.5) is 5.69 Å². The van der Waals surface area contributed by atoms with Gasteiger partial charge in [0.1, 0.15) is 0 Å². The second-order valence-corrected chi connectivity index (χ2v) is 10.00. The summed E-state index contributed by atoms with van der Waals surface area (Å²) in [6.45, 7) is 3.04. The predicted molar refractivity (Wildman–Crippen MR) is 113 cm³/mol. The summed E-state index contributed by atoms with van der Waals surface area (Å²) in [4.78, 5) is 12.7. The summed E-state index contributed by atoms with van der Waals surface area (Å²) in [5.74, 6) is -0.0549. The van der Waals surface area contributed by atoms with Gasteiger partial charge in [0.2, 0.25) is 10.0 Å². The number of nitrogens with one attached hydrogen (secondary N) is 1. The Bertz CT molecular complexity index is 1000. The minimum atomic E-state index is -3.69. The third kappa shape index (κ3) is 4.63. The zero-order chi connectivity index (χ0) is 20.5. The van der Waals surface area contributed by atoms with Crippen molar-refractivity contribution in [2.45, 2.75) is 24.7 Å². The van der Waals surface area contributed by atoms with Crippen LogP contribution in [-0.4, -0.2) is 31.7 Å². The maximum Gasteiger partial charge on any atom is 0.257 e. The summed E-state index contributed by atoms with van der Waals surface area (Å²) in [6.07, 6.45) is 1.63. The maximum absolute atomic E-state index is 12.9. The molecule has 0 aliphatic carbocycles. The molecule has 0 spiro atoms. The number of carbonyl (C=O) groups excluding carboxylic acids is 1. The molecule has 1 heterocycles. The van der Waals surface area contributed by atoms with Crippen LogP contribution in [0, 0.1) is 5.92 Å². The van der Waals surface area contributed by atoms with Crippen LogP contribution in [0.5, 0.6) is 0 Å². The van der Waals surface area contributed by atoms with Crippen molar-refractivity contribution in [2.24, 2.45) is 5.92 Å². The minimum absolute atomic E-state index is 0.0406. The predicted octanol–water partition coefficient (Wildman–Crippen LogP) is 5.32. The van der Waals surface area contributed by atoms with Crippen LogP contribution in [0.15, 0.2) is 41.3 Å². The van der Waals surface area contributed by atoms with E-state index in [1.807, 2.05) is 0 Å². The first kappa shape index (κ1) is 21.4. The van der Waals surface area contributed by atoms with E-state index in [0.29, 0.717) is 29.7 Å². The highest BCUT2D eigenvalue weighted by Gasteiger charge is 2.29. The summed E-state index contributed by atoms with van der Waals surface area (Å²) in [6, 6.07) is 8.78. The number of carbonyl (C=O) groups is 1. The molecule has 3 rings (SSSR count). The largest absolute Gasteiger partial charge is 0.321 e. The molecule has 0 radical (unpaired) electrons. The molecule has 1 aliphatic heterocycles. The Balaban J connectivity index is 1.87. The van der Waals surface area contributed by atoms with E-state index in [1.54, 1.807) is 12.1 Å². The molecule has 9 heteroatoms. The second kappa shape index (κ2) is 8.59. The second-order valence-electron chi connectivity index (χ2n) is 6.81. The van der Waals surface area contributed by atoms with Gasteiger partial charge in [0, 0.05) is 18.1 Å². The third-order valence-electron chi connectivity index (χ3n) is 4.74. The Morgan fingerprint density at radius 3 is 2.36 bits per heavy atom. The Morgan fingerprint density at radius 1 is 1.04 bits per heavy atom. The molecule has 0 unspecified atom stereocenters. The first-order valence-electron chi connectivity index (χ1n) is 8.74. The number of piperidine rings is 1. The van der Waals surface area contributed by atoms with Gasteiger partial charge in [-0.1, -0.05) is 41.7 Å². The molecule has 2 aromatic carbocycles. The molecule has 150 valence electrons. The van der Waals surface area contributed by atoms with Crippen molar-refractivity contribution in [2.75, 3.05) is 18.4 Å². The lowest BCUT2D eigenvalue weighted by molar-refractivity contribution is 0.102. The van der Waals surface area contributed by atoms with E-state index in [9.17, 15) is 13.2 Å². The highest BCUT2D eigenvalue weighted by molar-refractivity contribution is 7.89. The third-order valence-corrected chi connectivity index (χ3v) is 7.51. The summed E-state index contributed by atoms with van der Waals surface area (Å²) in [7, 11) is -3.69. The summed E-state index contributed by atoms with van der Waals surface area (Å²) in [5, 5.41) is 3.49. The molecule has 2 aromatic rings. The quantitative estimate of drug-likeness (QED) is 0.670. The van der Waals surface area contributed by atoms with E-state index in [-0.39, 0.29) is 20.5 Å². The van der Waals surface area contributed by atoms with Crippen LogP contribution in [0.25, 0.3) is 0 Å². The minimum Gasteiger partial charge on any atom is -0.321 e. The maximum atomic E-state index is 12.9. The van der Waals surface area contributed by atoms with E-state index in [0.717, 1.165) is 12.8 Å². The molecule has 0 bridgehead atoms. The number of amides is 1. The van der Waals surface area contributed by atoms with Crippen LogP contribution in [0.2, 0.25) is 15.1 Å². The number of hydrogen-bond donors (Lipinski definition) is 1. The van der Waals surface area contributed by atoms with Crippen LogP contribution in [0.3, 0.4) is 0 Å². The van der Waals surface area contributed by atoms with Gasteiger partial charge >= 0.3 is 0 Å². The van der Waals surface area contributed by atoms with E-state index in [4.69, 9.17) is 34.8 Å². The molecule has 5 nitrogen and oxygen atoms in total. The molecule has 1 amide bonds. The first-order chi connectivity index (χ1) is 13.2. The molecule has 1 N–H and O–H groups in total. The fraction of sp³-hybridized carbons (Fsp3) is 0.316. The standard InChI is InChI=1S/C19H19Cl3N2O3S/c1-12-6-8-24(9-7-12)28(26,27)14-3-4-16(21)15(11-14)19(25)23-18-5-2-13(20)10-17(18)22/h2-5,10-12H,6-9H2,1H3,(H,23,25). The van der Waals surface area contributed by atoms with E-state index >= 15 is 0 Å². The van der Waals surface area contributed by atoms with E-state index in [2.05, 4.69) is 12.2 Å². The van der Waals surface area contributed by atoms with Crippen molar-refractivity contribution in [3.05, 3.63) is 57.0 Å². The summed E-state index contributed by atoms with van der Waals surface area (Å²) in [5.41, 5.74) is 0.407. The molecule has 1 saturated heterocycles. The fourth-order valence-corrected chi connectivity index (χ4v) is 5.15. The van der Waals surface area contributed by atoms with Gasteiger partial charge in [-0.3, -0.25) is 4.79 Å². The topological polar surface area (TPSA) is 66.5 Å². The fourth-order valence-electron chi connectivity index (χ4n) is 2.99. The van der Waals surface area contributed by atoms with E-state index in [1.165, 1.54) is 28.6 Å². The molecular formula is C19H19Cl3N2O3S. The Hall–Kier alpha value is -1.31. The lowest BCUT2D eigenvalue weighted by Gasteiger charge is -2.29. The average Bonchev–Trinajstić information content (AvgIpc) is 2.64. The lowest BCUT2D eigenvalue weighted by atomic mass is 10.0. The van der Waals surface area contributed by atoms with E-state index < -0.39 is 15.9 Å². The summed E-state index contributed by atoms with van der Waals surface area (Å²) >= 11 is 18.1. The zero-order valence-corrected chi connectivity index (χ0v) is 18.2. The van der Waals surface area contributed by atoms with Crippen LogP contribution < -0.4 is 5.32 Å². The van der Waals surface area contributed by atoms with Gasteiger partial charge in [-0.25, -0.2) is 8.42 Å². The lowest BCUT2D eigenvalue weighted by Crippen LogP contribution is -2.37. The Labute approximate surface area is 179 Å². The number of rotatable bonds is 4. The van der Waals surface area contributed by atoms with Gasteiger partial charge in [0.05, 0.1) is 26.2 Å². The number of benzene rings is 2. The van der Waals surface area contributed by atoms with Gasteiger partial charge in [-0.2, -0.15) is 4.31 Å². The highest BCUT2D eigenvalue weighted by Crippen LogP contribution is 2.29. The first-order valence-corrected chi connectivity index (χ1v) is 11.3. The van der Waals surface area contributed by atoms with Gasteiger partial charge in [0.25, 0.3) is 5.91 Å². The zero-order valence-electron chi connectivity index (χ0n) is 15.1. The number of halogens is 3. The van der Waals surface area contributed by atoms with Gasteiger partial charge in [-0.05, 0) is 55.2 Å². The molecule has 0 saturated carbocycles. The van der Waals surface area contributed by atoms with Crippen molar-refractivity contribution in [3.63, 3.8) is 0 Å². The molecule has 1 aliphatic rings. The van der Waals surface area contributed by atoms with Gasteiger partial charge < -0.3 is 5.32 Å². The van der Waals surface area contributed by atoms with Gasteiger partial charge in [0.15, 0.2) is 0 Å². The number of nitrogens with zero attached hydrogens (tertiary/aromatic N) is 1. The van der Waals surface area contributed by atoms with Crippen LogP contribution in [-0.2, 0) is 10.0 Å². The van der Waals surface area contributed by atoms with Crippen molar-refractivity contribution >= 4 is 56.4 Å². The molecular weight excluding hydrogens is 443 g/mol. The number of hydrogen-bond acceptors (Lipinski definition) is 3. The number of sulfonamides is 1. The summed E-state index contributed by atoms with van der Waals surface area (Å²) < 4.78 is 27.3. The SMILES string of the molecule is CC1CCN(S(=O)(=O)c2ccc(Cl)c(C(=O)Nc3ccc(Cl)cc3Cl)c2)CC1. The normalized spacial score (nSPS) is 16.1. The van der Waals surface area contributed by atoms with Crippen molar-refractivity contribution in [3.8, 4) is 0 Å². The molecule has 0 aromatic heterocycles. The van der Waals surface area contributed by atoms with Crippen molar-refractivity contribution < 1.29 is 13.2 Å². The van der Waals surface area contributed by atoms with Crippen molar-refractivity contribution in [1.82, 2.24) is 4.31 Å². The average molecular weight is 462 g/mol. The highest BCUT2D eigenvalue weighted by atomic mass is 35.5. The molecule has 28 heavy (non-hydrogen) atoms. The Morgan fingerprint density at radius 2 is 1.71 bits per heavy atom. The Kier molecular flexibility index (Phi) is 6.57. The molecule has 0 atom stereocenters. The van der Waals surface area contributed by atoms with Crippen molar-refractivity contribution in [1.29, 1.82) is 0 Å². The van der Waals surface area contributed by atoms with Gasteiger partial charge in [-0.15, -0.1) is 0 Å².